The maximum atomic E-state index is 13.1. The monoisotopic (exact) mass is 339 g/mol. The van der Waals surface area contributed by atoms with Gasteiger partial charge in [0.05, 0.1) is 20.9 Å². The molecule has 128 valence electrons. The summed E-state index contributed by atoms with van der Waals surface area (Å²) in [7, 11) is 0. The van der Waals surface area contributed by atoms with Crippen LogP contribution in [0.4, 0.5) is 5.69 Å². The zero-order chi connectivity index (χ0) is 18.2. The third kappa shape index (κ3) is 2.49. The first-order chi connectivity index (χ1) is 11.9. The number of nitrogens with zero attached hydrogens (tertiary/aromatic N) is 3. The first kappa shape index (κ1) is 16.8. The highest BCUT2D eigenvalue weighted by atomic mass is 16.6. The molecule has 0 aromatic heterocycles. The predicted molar refractivity (Wildman–Crippen MR) is 92.9 cm³/mol. The normalized spacial score (nSPS) is 20.3. The quantitative estimate of drug-likeness (QED) is 0.474. The number of benzene rings is 2. The number of nitro benzene ring substituents is 1. The molecule has 25 heavy (non-hydrogen) atoms. The lowest BCUT2D eigenvalue weighted by molar-refractivity contribution is -0.565. The lowest BCUT2D eigenvalue weighted by atomic mass is 10.0. The maximum Gasteiger partial charge on any atom is 0.306 e. The molecule has 7 nitrogen and oxygen atoms in total. The number of nitroso groups, excluding NO2 is 1. The number of hydroxylamine groups is 2. The summed E-state index contributed by atoms with van der Waals surface area (Å²) in [5.74, 6) is 0. The van der Waals surface area contributed by atoms with Gasteiger partial charge in [-0.2, -0.15) is 0 Å². The molecule has 0 N–H and O–H groups in total. The Morgan fingerprint density at radius 2 is 1.72 bits per heavy atom. The van der Waals surface area contributed by atoms with Crippen LogP contribution >= 0.6 is 0 Å². The summed E-state index contributed by atoms with van der Waals surface area (Å²) in [6, 6.07) is 14.5. The Labute approximate surface area is 144 Å². The van der Waals surface area contributed by atoms with E-state index in [0.29, 0.717) is 38.8 Å². The fourth-order valence-corrected chi connectivity index (χ4v) is 3.10. The summed E-state index contributed by atoms with van der Waals surface area (Å²) < 4.78 is 0.704. The van der Waals surface area contributed by atoms with Crippen LogP contribution in [0.3, 0.4) is 0 Å². The molecule has 0 bridgehead atoms. The van der Waals surface area contributed by atoms with E-state index in [4.69, 9.17) is 0 Å². The molecular formula is C18H17N3O4. The second kappa shape index (κ2) is 6.10. The molecule has 0 spiro atoms. The standard InChI is InChI=1S/C18H17N3O4/c1-3-16-17(13-7-5-4-6-8-13)20(23)18(2,19(16)22)14-9-11-15(12-10-14)21(24)25/h4-12H,3H2,1-2H3/t18-/m0/s1. The summed E-state index contributed by atoms with van der Waals surface area (Å²) in [4.78, 5) is 23.4. The number of hydrogen-bond acceptors (Lipinski definition) is 5. The van der Waals surface area contributed by atoms with Crippen molar-refractivity contribution >= 4 is 11.4 Å². The fraction of sp³-hybridized carbons (Fsp3) is 0.222. The molecule has 0 saturated heterocycles. The molecular weight excluding hydrogens is 322 g/mol. The number of hydrogen-bond donors (Lipinski definition) is 0. The van der Waals surface area contributed by atoms with Gasteiger partial charge in [0, 0.05) is 29.5 Å². The van der Waals surface area contributed by atoms with E-state index < -0.39 is 10.6 Å². The minimum absolute atomic E-state index is 0.0906. The Hall–Kier alpha value is -3.06. The van der Waals surface area contributed by atoms with Crippen LogP contribution in [-0.4, -0.2) is 14.7 Å². The molecule has 1 heterocycles. The van der Waals surface area contributed by atoms with Gasteiger partial charge in [-0.05, 0) is 30.7 Å². The average Bonchev–Trinajstić information content (AvgIpc) is 2.84. The Bertz CT molecular complexity index is 862. The van der Waals surface area contributed by atoms with Crippen LogP contribution in [0.1, 0.15) is 31.4 Å². The summed E-state index contributed by atoms with van der Waals surface area (Å²) in [6.45, 7) is 3.35. The highest BCUT2D eigenvalue weighted by molar-refractivity contribution is 5.64. The maximum absolute atomic E-state index is 13.1. The van der Waals surface area contributed by atoms with Crippen molar-refractivity contribution in [2.75, 3.05) is 0 Å². The van der Waals surface area contributed by atoms with Crippen molar-refractivity contribution in [3.05, 3.63) is 91.6 Å². The molecule has 3 rings (SSSR count). The van der Waals surface area contributed by atoms with Gasteiger partial charge < -0.3 is 10.3 Å². The van der Waals surface area contributed by atoms with Crippen LogP contribution in [0.5, 0.6) is 0 Å². The van der Waals surface area contributed by atoms with Crippen LogP contribution < -0.4 is 0 Å². The van der Waals surface area contributed by atoms with Crippen molar-refractivity contribution in [2.45, 2.75) is 25.9 Å². The summed E-state index contributed by atoms with van der Waals surface area (Å²) >= 11 is 0. The molecule has 1 atom stereocenters. The molecule has 0 unspecified atom stereocenters. The average molecular weight is 339 g/mol. The van der Waals surface area contributed by atoms with Crippen molar-refractivity contribution in [1.82, 2.24) is 5.06 Å². The highest BCUT2D eigenvalue weighted by Crippen LogP contribution is 2.45. The summed E-state index contributed by atoms with van der Waals surface area (Å²) in [6.07, 6.45) is 0.398. The third-order valence-corrected chi connectivity index (χ3v) is 4.52. The van der Waals surface area contributed by atoms with Gasteiger partial charge in [-0.1, -0.05) is 25.1 Å². The van der Waals surface area contributed by atoms with Crippen molar-refractivity contribution < 1.29 is 9.68 Å². The fourth-order valence-electron chi connectivity index (χ4n) is 3.10. The van der Waals surface area contributed by atoms with Gasteiger partial charge in [-0.3, -0.25) is 10.1 Å². The number of nitro groups is 1. The van der Waals surface area contributed by atoms with Crippen LogP contribution in [0.2, 0.25) is 0 Å². The smallest absolute Gasteiger partial charge is 0.306 e. The first-order valence-corrected chi connectivity index (χ1v) is 7.89. The Morgan fingerprint density at radius 1 is 1.12 bits per heavy atom. The molecule has 0 aliphatic carbocycles. The van der Waals surface area contributed by atoms with E-state index >= 15 is 0 Å². The molecule has 1 aliphatic rings. The number of allylic oxidation sites excluding steroid dienone is 1. The van der Waals surface area contributed by atoms with Gasteiger partial charge in [0.15, 0.2) is 0 Å². The topological polar surface area (TPSA) is 89.5 Å². The van der Waals surface area contributed by atoms with Crippen LogP contribution in [-0.2, 0) is 5.66 Å². The van der Waals surface area contributed by atoms with Crippen molar-refractivity contribution in [1.29, 1.82) is 0 Å². The molecule has 0 saturated carbocycles. The Kier molecular flexibility index (Phi) is 4.10. The molecule has 1 aliphatic heterocycles. The Balaban J connectivity index is 2.10. The van der Waals surface area contributed by atoms with Gasteiger partial charge in [-0.15, -0.1) is 0 Å². The zero-order valence-electron chi connectivity index (χ0n) is 13.9. The van der Waals surface area contributed by atoms with E-state index in [-0.39, 0.29) is 5.69 Å². The molecule has 7 heteroatoms. The predicted octanol–water partition coefficient (Wildman–Crippen LogP) is 4.14. The lowest BCUT2D eigenvalue weighted by Gasteiger charge is -2.35. The van der Waals surface area contributed by atoms with Crippen molar-refractivity contribution in [3.8, 4) is 0 Å². The molecule has 2 aromatic rings. The SMILES string of the molecule is CCC1=C(c2ccccc2)[N+](=O)[C@@](C)(c2ccc([N+](=O)[O-])cc2)N1[O-]. The van der Waals surface area contributed by atoms with E-state index in [1.807, 2.05) is 13.0 Å². The summed E-state index contributed by atoms with van der Waals surface area (Å²) in [5, 5.41) is 24.5. The molecule has 0 fully saturated rings. The van der Waals surface area contributed by atoms with E-state index in [2.05, 4.69) is 0 Å². The van der Waals surface area contributed by atoms with Gasteiger partial charge in [0.1, 0.15) is 0 Å². The van der Waals surface area contributed by atoms with Crippen molar-refractivity contribution in [2.24, 2.45) is 0 Å². The number of rotatable bonds is 4. The minimum atomic E-state index is -1.51. The highest BCUT2D eigenvalue weighted by Gasteiger charge is 2.55. The lowest BCUT2D eigenvalue weighted by Crippen LogP contribution is -2.41. The van der Waals surface area contributed by atoms with Crippen LogP contribution in [0.15, 0.2) is 60.3 Å². The van der Waals surface area contributed by atoms with E-state index in [1.165, 1.54) is 31.2 Å². The second-order valence-corrected chi connectivity index (χ2v) is 5.93. The minimum Gasteiger partial charge on any atom is -0.753 e. The zero-order valence-corrected chi connectivity index (χ0v) is 13.9. The third-order valence-electron chi connectivity index (χ3n) is 4.52. The first-order valence-electron chi connectivity index (χ1n) is 7.89. The largest absolute Gasteiger partial charge is 0.753 e. The van der Waals surface area contributed by atoms with Crippen LogP contribution in [0.25, 0.3) is 5.70 Å². The molecule has 0 amide bonds. The van der Waals surface area contributed by atoms with E-state index in [9.17, 15) is 20.2 Å². The van der Waals surface area contributed by atoms with Gasteiger partial charge in [-0.25, -0.2) is 0 Å². The number of non-ortho nitro benzene ring substituents is 1. The summed E-state index contributed by atoms with van der Waals surface area (Å²) in [5.41, 5.74) is 0.195. The van der Waals surface area contributed by atoms with Gasteiger partial charge in [0.2, 0.25) is 0 Å². The molecule has 2 aromatic carbocycles. The van der Waals surface area contributed by atoms with E-state index in [1.54, 1.807) is 24.3 Å². The van der Waals surface area contributed by atoms with Gasteiger partial charge in [0.25, 0.3) is 11.4 Å². The Morgan fingerprint density at radius 3 is 2.24 bits per heavy atom. The van der Waals surface area contributed by atoms with Gasteiger partial charge >= 0.3 is 5.66 Å². The van der Waals surface area contributed by atoms with E-state index in [0.717, 1.165) is 0 Å². The van der Waals surface area contributed by atoms with Crippen molar-refractivity contribution in [3.63, 3.8) is 0 Å². The van der Waals surface area contributed by atoms with Crippen LogP contribution in [0, 0.1) is 20.2 Å². The molecule has 0 radical (unpaired) electrons. The second-order valence-electron chi connectivity index (χ2n) is 5.93.